The zero-order valence-electron chi connectivity index (χ0n) is 17.4. The number of halogens is 1. The molecule has 0 aliphatic heterocycles. The number of sulfone groups is 1. The minimum Gasteiger partial charge on any atom is -0.491 e. The van der Waals surface area contributed by atoms with Crippen molar-refractivity contribution in [2.75, 3.05) is 40.0 Å². The van der Waals surface area contributed by atoms with Gasteiger partial charge in [-0.15, -0.1) is 24.0 Å². The van der Waals surface area contributed by atoms with Gasteiger partial charge in [-0.2, -0.15) is 0 Å². The molecule has 8 heteroatoms. The molecule has 1 N–H and O–H groups in total. The SMILES string of the molecule is CN=C(NCCc1ccc(S(C)(=O)=O)cc1)N(C)CCOc1ccccc1C.I. The van der Waals surface area contributed by atoms with Gasteiger partial charge in [0.1, 0.15) is 12.4 Å². The fourth-order valence-electron chi connectivity index (χ4n) is 2.72. The number of hydrogen-bond acceptors (Lipinski definition) is 4. The number of guanidine groups is 1. The first-order chi connectivity index (χ1) is 13.3. The molecule has 0 spiro atoms. The lowest BCUT2D eigenvalue weighted by atomic mass is 10.1. The van der Waals surface area contributed by atoms with E-state index in [-0.39, 0.29) is 24.0 Å². The molecule has 0 fully saturated rings. The Morgan fingerprint density at radius 1 is 1.14 bits per heavy atom. The monoisotopic (exact) mass is 531 g/mol. The van der Waals surface area contributed by atoms with Crippen LogP contribution in [0.3, 0.4) is 0 Å². The van der Waals surface area contributed by atoms with Gasteiger partial charge >= 0.3 is 0 Å². The van der Waals surface area contributed by atoms with Crippen molar-refractivity contribution in [2.45, 2.75) is 18.2 Å². The van der Waals surface area contributed by atoms with Gasteiger partial charge in [0.2, 0.25) is 0 Å². The van der Waals surface area contributed by atoms with E-state index < -0.39 is 9.84 Å². The van der Waals surface area contributed by atoms with Gasteiger partial charge in [-0.3, -0.25) is 4.99 Å². The summed E-state index contributed by atoms with van der Waals surface area (Å²) in [4.78, 5) is 6.67. The van der Waals surface area contributed by atoms with Gasteiger partial charge in [-0.05, 0) is 42.7 Å². The smallest absolute Gasteiger partial charge is 0.193 e. The molecule has 0 saturated carbocycles. The second-order valence-electron chi connectivity index (χ2n) is 6.68. The average molecular weight is 531 g/mol. The lowest BCUT2D eigenvalue weighted by molar-refractivity contribution is 0.280. The van der Waals surface area contributed by atoms with Gasteiger partial charge in [-0.25, -0.2) is 8.42 Å². The molecule has 0 aromatic heterocycles. The van der Waals surface area contributed by atoms with Crippen LogP contribution in [0.1, 0.15) is 11.1 Å². The molecule has 0 atom stereocenters. The highest BCUT2D eigenvalue weighted by molar-refractivity contribution is 14.0. The highest BCUT2D eigenvalue weighted by Crippen LogP contribution is 2.15. The molecular weight excluding hydrogens is 501 g/mol. The Morgan fingerprint density at radius 2 is 1.79 bits per heavy atom. The quantitative estimate of drug-likeness (QED) is 0.322. The summed E-state index contributed by atoms with van der Waals surface area (Å²) < 4.78 is 28.9. The first kappa shape index (κ1) is 25.2. The Kier molecular flexibility index (Phi) is 10.5. The minimum absolute atomic E-state index is 0. The zero-order valence-corrected chi connectivity index (χ0v) is 20.5. The van der Waals surface area contributed by atoms with E-state index in [2.05, 4.69) is 10.3 Å². The van der Waals surface area contributed by atoms with Crippen molar-refractivity contribution in [3.63, 3.8) is 0 Å². The average Bonchev–Trinajstić information content (AvgIpc) is 2.66. The highest BCUT2D eigenvalue weighted by Gasteiger charge is 2.08. The number of nitrogens with zero attached hydrogens (tertiary/aromatic N) is 2. The number of hydrogen-bond donors (Lipinski definition) is 1. The molecule has 0 radical (unpaired) electrons. The molecule has 6 nitrogen and oxygen atoms in total. The van der Waals surface area contributed by atoms with Gasteiger partial charge in [-0.1, -0.05) is 30.3 Å². The molecule has 0 aliphatic carbocycles. The lowest BCUT2D eigenvalue weighted by Gasteiger charge is -2.22. The Hall–Kier alpha value is -1.81. The fourth-order valence-corrected chi connectivity index (χ4v) is 3.35. The number of benzene rings is 2. The summed E-state index contributed by atoms with van der Waals surface area (Å²) in [5.74, 6) is 1.69. The molecule has 0 unspecified atom stereocenters. The van der Waals surface area contributed by atoms with E-state index in [0.717, 1.165) is 29.3 Å². The molecule has 0 aliphatic rings. The maximum absolute atomic E-state index is 11.5. The van der Waals surface area contributed by atoms with E-state index in [1.54, 1.807) is 19.2 Å². The van der Waals surface area contributed by atoms with E-state index in [9.17, 15) is 8.42 Å². The van der Waals surface area contributed by atoms with Gasteiger partial charge in [0.05, 0.1) is 11.4 Å². The molecule has 2 aromatic rings. The number of ether oxygens (including phenoxy) is 1. The summed E-state index contributed by atoms with van der Waals surface area (Å²) in [5.41, 5.74) is 2.19. The number of aryl methyl sites for hydroxylation is 1. The third kappa shape index (κ3) is 8.22. The van der Waals surface area contributed by atoms with Crippen molar-refractivity contribution in [2.24, 2.45) is 4.99 Å². The molecule has 2 aromatic carbocycles. The van der Waals surface area contributed by atoms with E-state index >= 15 is 0 Å². The van der Waals surface area contributed by atoms with Crippen LogP contribution < -0.4 is 10.1 Å². The second-order valence-corrected chi connectivity index (χ2v) is 8.69. The Balaban J connectivity index is 0.00000420. The third-order valence-corrected chi connectivity index (χ3v) is 5.53. The number of likely N-dealkylation sites (N-methyl/N-ethyl adjacent to an activating group) is 1. The molecular formula is C21H30IN3O3S. The number of nitrogens with one attached hydrogen (secondary N) is 1. The normalized spacial score (nSPS) is 11.5. The van der Waals surface area contributed by atoms with E-state index in [0.29, 0.717) is 24.6 Å². The number of aliphatic imine (C=N–C) groups is 1. The highest BCUT2D eigenvalue weighted by atomic mass is 127. The van der Waals surface area contributed by atoms with Gasteiger partial charge in [0.15, 0.2) is 15.8 Å². The van der Waals surface area contributed by atoms with E-state index in [4.69, 9.17) is 4.74 Å². The first-order valence-electron chi connectivity index (χ1n) is 9.20. The van der Waals surface area contributed by atoms with Gasteiger partial charge in [0.25, 0.3) is 0 Å². The summed E-state index contributed by atoms with van der Waals surface area (Å²) in [6.45, 7) is 4.00. The summed E-state index contributed by atoms with van der Waals surface area (Å²) in [6, 6.07) is 15.0. The fraction of sp³-hybridized carbons (Fsp3) is 0.381. The topological polar surface area (TPSA) is 71.0 Å². The first-order valence-corrected chi connectivity index (χ1v) is 11.1. The van der Waals surface area contributed by atoms with Crippen molar-refractivity contribution in [1.29, 1.82) is 0 Å². The molecule has 160 valence electrons. The van der Waals surface area contributed by atoms with Crippen molar-refractivity contribution in [1.82, 2.24) is 10.2 Å². The van der Waals surface area contributed by atoms with Crippen molar-refractivity contribution < 1.29 is 13.2 Å². The Labute approximate surface area is 191 Å². The van der Waals surface area contributed by atoms with Crippen LogP contribution in [0.5, 0.6) is 5.75 Å². The maximum atomic E-state index is 11.5. The largest absolute Gasteiger partial charge is 0.491 e. The van der Waals surface area contributed by atoms with Crippen LogP contribution in [0.4, 0.5) is 0 Å². The zero-order chi connectivity index (χ0) is 20.6. The lowest BCUT2D eigenvalue weighted by Crippen LogP contribution is -2.41. The predicted octanol–water partition coefficient (Wildman–Crippen LogP) is 3.15. The van der Waals surface area contributed by atoms with Crippen molar-refractivity contribution in [3.05, 3.63) is 59.7 Å². The maximum Gasteiger partial charge on any atom is 0.193 e. The number of rotatable bonds is 8. The minimum atomic E-state index is -3.15. The van der Waals surface area contributed by atoms with Crippen LogP contribution in [0, 0.1) is 6.92 Å². The van der Waals surface area contributed by atoms with Gasteiger partial charge < -0.3 is 15.0 Å². The van der Waals surface area contributed by atoms with Crippen LogP contribution in [-0.2, 0) is 16.3 Å². The predicted molar refractivity (Wildman–Crippen MR) is 129 cm³/mol. The molecule has 2 rings (SSSR count). The molecule has 29 heavy (non-hydrogen) atoms. The third-order valence-electron chi connectivity index (χ3n) is 4.40. The summed E-state index contributed by atoms with van der Waals surface area (Å²) in [5, 5.41) is 3.32. The molecule has 0 saturated heterocycles. The summed E-state index contributed by atoms with van der Waals surface area (Å²) >= 11 is 0. The Bertz CT molecular complexity index is 900. The number of para-hydroxylation sites is 1. The molecule has 0 bridgehead atoms. The summed E-state index contributed by atoms with van der Waals surface area (Å²) in [6.07, 6.45) is 1.99. The van der Waals surface area contributed by atoms with Crippen molar-refractivity contribution >= 4 is 39.8 Å². The van der Waals surface area contributed by atoms with Crippen LogP contribution in [-0.4, -0.2) is 59.3 Å². The van der Waals surface area contributed by atoms with E-state index in [1.807, 2.05) is 55.3 Å². The Morgan fingerprint density at radius 3 is 2.38 bits per heavy atom. The van der Waals surface area contributed by atoms with E-state index in [1.165, 1.54) is 6.26 Å². The second kappa shape index (κ2) is 12.0. The standard InChI is InChI=1S/C21H29N3O3S.HI/c1-17-7-5-6-8-20(17)27-16-15-24(3)21(22-2)23-14-13-18-9-11-19(12-10-18)28(4,25)26;/h5-12H,13-16H2,1-4H3,(H,22,23);1H. The van der Waals surface area contributed by atoms with Crippen LogP contribution >= 0.6 is 24.0 Å². The molecule has 0 heterocycles. The van der Waals surface area contributed by atoms with Crippen LogP contribution in [0.2, 0.25) is 0 Å². The van der Waals surface area contributed by atoms with Crippen LogP contribution in [0.25, 0.3) is 0 Å². The molecule has 0 amide bonds. The summed E-state index contributed by atoms with van der Waals surface area (Å²) in [7, 11) is 0.568. The van der Waals surface area contributed by atoms with Crippen LogP contribution in [0.15, 0.2) is 58.4 Å². The van der Waals surface area contributed by atoms with Gasteiger partial charge in [0, 0.05) is 26.9 Å². The van der Waals surface area contributed by atoms with Crippen molar-refractivity contribution in [3.8, 4) is 5.75 Å².